The SMILES string of the molecule is CCC(Nc1cc(O)c(NC(=O)c2ccc(C)cc2)cc1Cl)S(=O)(=O)c1cc(C)cc(C)c1. The van der Waals surface area contributed by atoms with E-state index in [1.165, 1.54) is 12.1 Å². The minimum absolute atomic E-state index is 0.126. The van der Waals surface area contributed by atoms with Crippen molar-refractivity contribution in [3.05, 3.63) is 81.9 Å². The summed E-state index contributed by atoms with van der Waals surface area (Å²) in [6.45, 7) is 7.36. The minimum atomic E-state index is -3.71. The number of phenolic OH excluding ortho intramolecular Hbond substituents is 1. The summed E-state index contributed by atoms with van der Waals surface area (Å²) in [5.41, 5.74) is 3.54. The van der Waals surface area contributed by atoms with E-state index in [1.807, 2.05) is 39.0 Å². The maximum atomic E-state index is 13.2. The van der Waals surface area contributed by atoms with E-state index in [9.17, 15) is 18.3 Å². The molecule has 3 aromatic rings. The third-order valence-electron chi connectivity index (χ3n) is 5.23. The van der Waals surface area contributed by atoms with E-state index in [1.54, 1.807) is 31.2 Å². The first kappa shape index (κ1) is 24.6. The maximum Gasteiger partial charge on any atom is 0.255 e. The average Bonchev–Trinajstić information content (AvgIpc) is 2.74. The van der Waals surface area contributed by atoms with Gasteiger partial charge in [0.1, 0.15) is 11.1 Å². The summed E-state index contributed by atoms with van der Waals surface area (Å²) in [7, 11) is -3.71. The minimum Gasteiger partial charge on any atom is -0.506 e. The summed E-state index contributed by atoms with van der Waals surface area (Å²) in [5.74, 6) is -0.632. The molecule has 33 heavy (non-hydrogen) atoms. The van der Waals surface area contributed by atoms with E-state index in [-0.39, 0.29) is 33.5 Å². The number of phenols is 1. The van der Waals surface area contributed by atoms with Crippen LogP contribution in [-0.4, -0.2) is 24.8 Å². The van der Waals surface area contributed by atoms with Crippen LogP contribution in [-0.2, 0) is 9.84 Å². The summed E-state index contributed by atoms with van der Waals surface area (Å²) >= 11 is 6.38. The van der Waals surface area contributed by atoms with Gasteiger partial charge < -0.3 is 15.7 Å². The van der Waals surface area contributed by atoms with Crippen molar-refractivity contribution < 1.29 is 18.3 Å². The first-order valence-electron chi connectivity index (χ1n) is 10.5. The van der Waals surface area contributed by atoms with Crippen molar-refractivity contribution in [2.24, 2.45) is 0 Å². The molecule has 0 spiro atoms. The number of carbonyl (C=O) groups is 1. The van der Waals surface area contributed by atoms with Crippen LogP contribution in [0.25, 0.3) is 0 Å². The van der Waals surface area contributed by atoms with Gasteiger partial charge >= 0.3 is 0 Å². The van der Waals surface area contributed by atoms with Crippen molar-refractivity contribution >= 4 is 38.7 Å². The molecule has 1 atom stereocenters. The molecule has 174 valence electrons. The largest absolute Gasteiger partial charge is 0.506 e. The third kappa shape index (κ3) is 5.67. The Labute approximate surface area is 199 Å². The summed E-state index contributed by atoms with van der Waals surface area (Å²) in [5, 5.41) is 15.3. The Morgan fingerprint density at radius 2 is 1.55 bits per heavy atom. The maximum absolute atomic E-state index is 13.2. The lowest BCUT2D eigenvalue weighted by molar-refractivity contribution is 0.102. The predicted octanol–water partition coefficient (Wildman–Crippen LogP) is 5.85. The van der Waals surface area contributed by atoms with Gasteiger partial charge in [0.25, 0.3) is 5.91 Å². The van der Waals surface area contributed by atoms with Crippen molar-refractivity contribution in [1.29, 1.82) is 0 Å². The average molecular weight is 487 g/mol. The van der Waals surface area contributed by atoms with E-state index in [4.69, 9.17) is 11.6 Å². The molecule has 0 aromatic heterocycles. The highest BCUT2D eigenvalue weighted by Crippen LogP contribution is 2.35. The molecule has 6 nitrogen and oxygen atoms in total. The summed E-state index contributed by atoms with van der Waals surface area (Å²) in [6.07, 6.45) is 0.276. The number of nitrogens with one attached hydrogen (secondary N) is 2. The molecule has 0 aliphatic heterocycles. The molecule has 8 heteroatoms. The van der Waals surface area contributed by atoms with Crippen LogP contribution in [0.2, 0.25) is 5.02 Å². The lowest BCUT2D eigenvalue weighted by Gasteiger charge is -2.21. The van der Waals surface area contributed by atoms with E-state index in [2.05, 4.69) is 10.6 Å². The van der Waals surface area contributed by atoms with Gasteiger partial charge in [-0.15, -0.1) is 0 Å². The third-order valence-corrected chi connectivity index (χ3v) is 7.64. The Morgan fingerprint density at radius 1 is 0.939 bits per heavy atom. The number of sulfone groups is 1. The highest BCUT2D eigenvalue weighted by atomic mass is 35.5. The number of hydrogen-bond donors (Lipinski definition) is 3. The van der Waals surface area contributed by atoms with Gasteiger partial charge in [0.15, 0.2) is 9.84 Å². The number of hydrogen-bond acceptors (Lipinski definition) is 5. The van der Waals surface area contributed by atoms with Gasteiger partial charge in [-0.05, 0) is 68.7 Å². The van der Waals surface area contributed by atoms with E-state index >= 15 is 0 Å². The number of aromatic hydroxyl groups is 1. The number of amides is 1. The van der Waals surface area contributed by atoms with Crippen LogP contribution in [0.1, 0.15) is 40.4 Å². The number of anilines is 2. The zero-order valence-corrected chi connectivity index (χ0v) is 20.5. The molecule has 3 aromatic carbocycles. The number of aryl methyl sites for hydroxylation is 3. The zero-order chi connectivity index (χ0) is 24.3. The van der Waals surface area contributed by atoms with Gasteiger partial charge in [0.05, 0.1) is 21.3 Å². The zero-order valence-electron chi connectivity index (χ0n) is 18.9. The second-order valence-electron chi connectivity index (χ2n) is 8.08. The Balaban J connectivity index is 1.85. The number of benzene rings is 3. The smallest absolute Gasteiger partial charge is 0.255 e. The van der Waals surface area contributed by atoms with Crippen molar-refractivity contribution in [2.75, 3.05) is 10.6 Å². The van der Waals surface area contributed by atoms with E-state index < -0.39 is 21.1 Å². The highest BCUT2D eigenvalue weighted by molar-refractivity contribution is 7.92. The Bertz CT molecular complexity index is 1270. The monoisotopic (exact) mass is 486 g/mol. The fourth-order valence-electron chi connectivity index (χ4n) is 3.51. The quantitative estimate of drug-likeness (QED) is 0.364. The molecule has 0 fully saturated rings. The van der Waals surface area contributed by atoms with Crippen LogP contribution >= 0.6 is 11.6 Å². The fourth-order valence-corrected chi connectivity index (χ4v) is 5.47. The standard InChI is InChI=1S/C25H27ClN2O4S/c1-5-24(33(31,32)19-11-16(3)10-17(4)12-19)27-21-14-23(29)22(13-20(21)26)28-25(30)18-8-6-15(2)7-9-18/h6-14,24,27,29H,5H2,1-4H3,(H,28,30). The van der Waals surface area contributed by atoms with Crippen molar-refractivity contribution in [3.8, 4) is 5.75 Å². The number of carbonyl (C=O) groups excluding carboxylic acids is 1. The topological polar surface area (TPSA) is 95.5 Å². The Hall–Kier alpha value is -3.03. The van der Waals surface area contributed by atoms with Crippen LogP contribution in [0, 0.1) is 20.8 Å². The molecule has 0 radical (unpaired) electrons. The normalized spacial score (nSPS) is 12.3. The van der Waals surface area contributed by atoms with Gasteiger partial charge in [-0.2, -0.15) is 0 Å². The molecule has 0 heterocycles. The van der Waals surface area contributed by atoms with Crippen LogP contribution in [0.15, 0.2) is 59.5 Å². The van der Waals surface area contributed by atoms with Crippen LogP contribution in [0.4, 0.5) is 11.4 Å². The molecule has 0 aliphatic rings. The van der Waals surface area contributed by atoms with Gasteiger partial charge in [0.2, 0.25) is 0 Å². The second-order valence-corrected chi connectivity index (χ2v) is 10.6. The highest BCUT2D eigenvalue weighted by Gasteiger charge is 2.27. The summed E-state index contributed by atoms with van der Waals surface area (Å²) < 4.78 is 26.5. The molecule has 0 bridgehead atoms. The predicted molar refractivity (Wildman–Crippen MR) is 133 cm³/mol. The molecule has 1 amide bonds. The lowest BCUT2D eigenvalue weighted by Crippen LogP contribution is -2.29. The number of rotatable bonds is 7. The molecule has 0 saturated carbocycles. The Morgan fingerprint density at radius 3 is 2.12 bits per heavy atom. The van der Waals surface area contributed by atoms with Crippen LogP contribution in [0.3, 0.4) is 0 Å². The van der Waals surface area contributed by atoms with E-state index in [0.717, 1.165) is 16.7 Å². The van der Waals surface area contributed by atoms with E-state index in [0.29, 0.717) is 5.56 Å². The van der Waals surface area contributed by atoms with Gasteiger partial charge in [-0.3, -0.25) is 4.79 Å². The molecule has 3 N–H and O–H groups in total. The summed E-state index contributed by atoms with van der Waals surface area (Å²) in [4.78, 5) is 12.7. The lowest BCUT2D eigenvalue weighted by atomic mass is 10.1. The molecular formula is C25H27ClN2O4S. The van der Waals surface area contributed by atoms with Gasteiger partial charge in [-0.25, -0.2) is 8.42 Å². The number of halogens is 1. The van der Waals surface area contributed by atoms with Gasteiger partial charge in [-0.1, -0.05) is 42.3 Å². The molecular weight excluding hydrogens is 460 g/mol. The Kier molecular flexibility index (Phi) is 7.34. The van der Waals surface area contributed by atoms with Crippen molar-refractivity contribution in [2.45, 2.75) is 44.4 Å². The van der Waals surface area contributed by atoms with Crippen LogP contribution < -0.4 is 10.6 Å². The first-order valence-corrected chi connectivity index (χ1v) is 12.4. The van der Waals surface area contributed by atoms with Gasteiger partial charge in [0, 0.05) is 11.6 Å². The fraction of sp³-hybridized carbons (Fsp3) is 0.240. The van der Waals surface area contributed by atoms with Crippen LogP contribution in [0.5, 0.6) is 5.75 Å². The summed E-state index contributed by atoms with van der Waals surface area (Å²) in [6, 6.07) is 14.9. The first-order chi connectivity index (χ1) is 15.5. The second kappa shape index (κ2) is 9.85. The molecule has 1 unspecified atom stereocenters. The van der Waals surface area contributed by atoms with Crippen molar-refractivity contribution in [1.82, 2.24) is 0 Å². The molecule has 0 saturated heterocycles. The molecule has 3 rings (SSSR count). The van der Waals surface area contributed by atoms with Crippen molar-refractivity contribution in [3.63, 3.8) is 0 Å². The molecule has 0 aliphatic carbocycles.